The first-order valence-corrected chi connectivity index (χ1v) is 11.0. The smallest absolute Gasteiger partial charge is 0.271 e. The van der Waals surface area contributed by atoms with Gasteiger partial charge in [-0.3, -0.25) is 24.3 Å². The highest BCUT2D eigenvalue weighted by Gasteiger charge is 2.30. The molecule has 0 saturated heterocycles. The van der Waals surface area contributed by atoms with E-state index in [9.17, 15) is 19.7 Å². The largest absolute Gasteiger partial charge is 0.378 e. The molecule has 0 fully saturated rings. The number of carbonyl (C=O) groups excluding carboxylic acids is 1. The van der Waals surface area contributed by atoms with E-state index in [1.807, 2.05) is 43.3 Å². The van der Waals surface area contributed by atoms with Gasteiger partial charge >= 0.3 is 0 Å². The molecule has 8 nitrogen and oxygen atoms in total. The highest BCUT2D eigenvalue weighted by molar-refractivity contribution is 7.07. The van der Waals surface area contributed by atoms with Gasteiger partial charge in [-0.1, -0.05) is 23.5 Å². The lowest BCUT2D eigenvalue weighted by Gasteiger charge is -2.25. The van der Waals surface area contributed by atoms with Gasteiger partial charge in [0.15, 0.2) is 10.6 Å². The van der Waals surface area contributed by atoms with Crippen LogP contribution in [0.25, 0.3) is 6.08 Å². The Morgan fingerprint density at radius 3 is 2.33 bits per heavy atom. The Balaban J connectivity index is 1.89. The molecule has 0 N–H and O–H groups in total. The van der Waals surface area contributed by atoms with Crippen LogP contribution in [0.15, 0.2) is 69.6 Å². The van der Waals surface area contributed by atoms with Crippen molar-refractivity contribution in [1.82, 2.24) is 4.57 Å². The van der Waals surface area contributed by atoms with Crippen LogP contribution in [0.1, 0.15) is 31.0 Å². The Morgan fingerprint density at radius 1 is 1.15 bits per heavy atom. The lowest BCUT2D eigenvalue weighted by molar-refractivity contribution is -0.384. The molecule has 0 saturated carbocycles. The number of nitrogens with zero attached hydrogens (tertiary/aromatic N) is 4. The van der Waals surface area contributed by atoms with E-state index >= 15 is 0 Å². The third-order valence-electron chi connectivity index (χ3n) is 5.53. The zero-order chi connectivity index (χ0) is 23.9. The van der Waals surface area contributed by atoms with Crippen molar-refractivity contribution in [1.29, 1.82) is 0 Å². The third kappa shape index (κ3) is 4.14. The normalized spacial score (nSPS) is 15.8. The predicted molar refractivity (Wildman–Crippen MR) is 128 cm³/mol. The molecule has 4 rings (SSSR count). The maximum Gasteiger partial charge on any atom is 0.271 e. The van der Waals surface area contributed by atoms with Crippen LogP contribution < -0.4 is 19.8 Å². The van der Waals surface area contributed by atoms with Gasteiger partial charge in [0, 0.05) is 43.2 Å². The minimum atomic E-state index is -0.575. The fraction of sp³-hybridized carbons (Fsp3) is 0.208. The minimum Gasteiger partial charge on any atom is -0.378 e. The maximum absolute atomic E-state index is 13.5. The van der Waals surface area contributed by atoms with Gasteiger partial charge in [-0.2, -0.15) is 0 Å². The molecule has 33 heavy (non-hydrogen) atoms. The number of thiazole rings is 1. The molecule has 168 valence electrons. The highest BCUT2D eigenvalue weighted by atomic mass is 32.1. The van der Waals surface area contributed by atoms with Crippen LogP contribution in [-0.2, 0) is 4.79 Å². The molecule has 1 atom stereocenters. The first-order valence-electron chi connectivity index (χ1n) is 10.2. The van der Waals surface area contributed by atoms with Crippen LogP contribution in [0.5, 0.6) is 0 Å². The second-order valence-corrected chi connectivity index (χ2v) is 8.98. The van der Waals surface area contributed by atoms with Crippen LogP contribution >= 0.6 is 11.3 Å². The SMILES string of the molecule is CC(=O)C1=C(C)N=c2s/c(=C/c3ccc([N+](=O)[O-])cc3)c(=O)n2[C@H]1c1ccc(N(C)C)cc1. The number of anilines is 1. The van der Waals surface area contributed by atoms with Crippen LogP contribution in [-0.4, -0.2) is 29.4 Å². The number of allylic oxidation sites excluding steroid dienone is 2. The summed E-state index contributed by atoms with van der Waals surface area (Å²) in [5, 5.41) is 10.9. The van der Waals surface area contributed by atoms with E-state index in [1.54, 1.807) is 29.7 Å². The average molecular weight is 463 g/mol. The predicted octanol–water partition coefficient (Wildman–Crippen LogP) is 2.80. The summed E-state index contributed by atoms with van der Waals surface area (Å²) in [5.74, 6) is -0.136. The number of benzene rings is 2. The van der Waals surface area contributed by atoms with Crippen molar-refractivity contribution < 1.29 is 9.72 Å². The lowest BCUT2D eigenvalue weighted by Crippen LogP contribution is -2.39. The van der Waals surface area contributed by atoms with Gasteiger partial charge in [0.2, 0.25) is 0 Å². The number of nitro groups is 1. The first-order chi connectivity index (χ1) is 15.7. The zero-order valence-electron chi connectivity index (χ0n) is 18.6. The molecule has 1 aliphatic heterocycles. The summed E-state index contributed by atoms with van der Waals surface area (Å²) >= 11 is 1.23. The summed E-state index contributed by atoms with van der Waals surface area (Å²) in [6.45, 7) is 3.27. The van der Waals surface area contributed by atoms with Crippen molar-refractivity contribution in [3.05, 3.63) is 101 Å². The fourth-order valence-corrected chi connectivity index (χ4v) is 4.93. The van der Waals surface area contributed by atoms with Gasteiger partial charge in [0.05, 0.1) is 15.5 Å². The van der Waals surface area contributed by atoms with Crippen molar-refractivity contribution in [2.75, 3.05) is 19.0 Å². The Bertz CT molecular complexity index is 1460. The third-order valence-corrected chi connectivity index (χ3v) is 6.51. The molecule has 9 heteroatoms. The highest BCUT2D eigenvalue weighted by Crippen LogP contribution is 2.31. The molecule has 2 heterocycles. The maximum atomic E-state index is 13.5. The van der Waals surface area contributed by atoms with Crippen molar-refractivity contribution in [2.45, 2.75) is 19.9 Å². The second-order valence-electron chi connectivity index (χ2n) is 7.97. The molecule has 0 unspecified atom stereocenters. The zero-order valence-corrected chi connectivity index (χ0v) is 19.4. The van der Waals surface area contributed by atoms with Gasteiger partial charge < -0.3 is 4.90 Å². The van der Waals surface area contributed by atoms with E-state index in [0.717, 1.165) is 11.3 Å². The van der Waals surface area contributed by atoms with Crippen molar-refractivity contribution in [3.63, 3.8) is 0 Å². The lowest BCUT2D eigenvalue weighted by atomic mass is 9.93. The number of nitro benzene ring substituents is 1. The van der Waals surface area contributed by atoms with Crippen LogP contribution in [0.3, 0.4) is 0 Å². The van der Waals surface area contributed by atoms with Crippen molar-refractivity contribution >= 4 is 34.6 Å². The monoisotopic (exact) mass is 462 g/mol. The number of Topliss-reactive ketones (excluding diaryl/α,β-unsaturated/α-hetero) is 1. The average Bonchev–Trinajstić information content (AvgIpc) is 3.07. The molecular formula is C24H22N4O4S. The second kappa shape index (κ2) is 8.59. The number of carbonyl (C=O) groups is 1. The fourth-order valence-electron chi connectivity index (χ4n) is 3.88. The molecular weight excluding hydrogens is 440 g/mol. The topological polar surface area (TPSA) is 97.8 Å². The van der Waals surface area contributed by atoms with Gasteiger partial charge in [0.25, 0.3) is 11.2 Å². The number of hydrogen-bond acceptors (Lipinski definition) is 7. The first kappa shape index (κ1) is 22.3. The van der Waals surface area contributed by atoms with E-state index in [2.05, 4.69) is 4.99 Å². The summed E-state index contributed by atoms with van der Waals surface area (Å²) in [7, 11) is 3.89. The Morgan fingerprint density at radius 2 is 1.79 bits per heavy atom. The van der Waals surface area contributed by atoms with Crippen LogP contribution in [0, 0.1) is 10.1 Å². The Kier molecular flexibility index (Phi) is 5.82. The number of fused-ring (bicyclic) bond motifs is 1. The van der Waals surface area contributed by atoms with Gasteiger partial charge in [0.1, 0.15) is 0 Å². The van der Waals surface area contributed by atoms with E-state index in [-0.39, 0.29) is 17.0 Å². The number of non-ortho nitro benzene ring substituents is 1. The standard InChI is InChI=1S/C24H22N4O4S/c1-14-21(15(2)29)22(17-7-11-18(12-8-17)26(3)4)27-23(30)20(33-24(27)25-14)13-16-5-9-19(10-6-16)28(31)32/h5-13,22H,1-4H3/b20-13+/t22-/m0/s1. The Hall–Kier alpha value is -3.85. The van der Waals surface area contributed by atoms with E-state index in [4.69, 9.17) is 0 Å². The van der Waals surface area contributed by atoms with Gasteiger partial charge in [-0.05, 0) is 55.3 Å². The van der Waals surface area contributed by atoms with E-state index < -0.39 is 11.0 Å². The number of hydrogen-bond donors (Lipinski definition) is 0. The molecule has 1 aromatic heterocycles. The van der Waals surface area contributed by atoms with E-state index in [0.29, 0.717) is 26.2 Å². The molecule has 0 spiro atoms. The van der Waals surface area contributed by atoms with Gasteiger partial charge in [-0.25, -0.2) is 4.99 Å². The van der Waals surface area contributed by atoms with Gasteiger partial charge in [-0.15, -0.1) is 0 Å². The molecule has 3 aromatic rings. The summed E-state index contributed by atoms with van der Waals surface area (Å²) in [5.41, 5.74) is 3.30. The number of aromatic nitrogens is 1. The number of ketones is 1. The number of rotatable bonds is 5. The van der Waals surface area contributed by atoms with Crippen LogP contribution in [0.2, 0.25) is 0 Å². The van der Waals surface area contributed by atoms with Crippen molar-refractivity contribution in [2.24, 2.45) is 4.99 Å². The quantitative estimate of drug-likeness (QED) is 0.429. The molecule has 1 aliphatic rings. The molecule has 0 radical (unpaired) electrons. The van der Waals surface area contributed by atoms with Crippen LogP contribution in [0.4, 0.5) is 11.4 Å². The molecule has 0 aliphatic carbocycles. The summed E-state index contributed by atoms with van der Waals surface area (Å²) in [6.07, 6.45) is 1.69. The Labute approximate surface area is 193 Å². The summed E-state index contributed by atoms with van der Waals surface area (Å²) in [4.78, 5) is 43.5. The molecule has 0 bridgehead atoms. The molecule has 0 amide bonds. The summed E-state index contributed by atoms with van der Waals surface area (Å²) in [6, 6.07) is 13.2. The molecule has 2 aromatic carbocycles. The minimum absolute atomic E-state index is 0.0171. The van der Waals surface area contributed by atoms with Crippen molar-refractivity contribution in [3.8, 4) is 0 Å². The van der Waals surface area contributed by atoms with E-state index in [1.165, 1.54) is 30.4 Å². The summed E-state index contributed by atoms with van der Waals surface area (Å²) < 4.78 is 2.01.